The van der Waals surface area contributed by atoms with E-state index in [1.807, 2.05) is 19.1 Å². The molecule has 1 aliphatic heterocycles. The maximum Gasteiger partial charge on any atom is 0.412 e. The first kappa shape index (κ1) is 51.9. The molecule has 1 fully saturated rings. The van der Waals surface area contributed by atoms with E-state index in [1.165, 1.54) is 63.2 Å². The Morgan fingerprint density at radius 2 is 1.64 bits per heavy atom. The fourth-order valence-electron chi connectivity index (χ4n) is 10.0. The van der Waals surface area contributed by atoms with E-state index in [2.05, 4.69) is 24.9 Å². The molecular formula is C52H74N4O10. The van der Waals surface area contributed by atoms with Crippen LogP contribution in [0.2, 0.25) is 0 Å². The summed E-state index contributed by atoms with van der Waals surface area (Å²) in [6, 6.07) is 10.7. The third-order valence-electron chi connectivity index (χ3n) is 13.3. The summed E-state index contributed by atoms with van der Waals surface area (Å²) in [5.74, 6) is -1.66. The van der Waals surface area contributed by atoms with E-state index in [1.54, 1.807) is 42.3 Å². The average Bonchev–Trinajstić information content (AvgIpc) is 3.32. The number of oxime groups is 1. The van der Waals surface area contributed by atoms with Crippen LogP contribution in [0.3, 0.4) is 0 Å². The van der Waals surface area contributed by atoms with Gasteiger partial charge in [-0.15, -0.1) is 6.58 Å². The molecule has 66 heavy (non-hydrogen) atoms. The van der Waals surface area contributed by atoms with Crippen molar-refractivity contribution in [3.05, 3.63) is 94.1 Å². The summed E-state index contributed by atoms with van der Waals surface area (Å²) < 4.78 is 20.1. The van der Waals surface area contributed by atoms with Crippen molar-refractivity contribution in [1.29, 1.82) is 0 Å². The number of carbonyl (C=O) groups excluding carboxylic acids is 2. The van der Waals surface area contributed by atoms with E-state index in [0.717, 1.165) is 56.1 Å². The number of rotatable bonds is 29. The van der Waals surface area contributed by atoms with E-state index >= 15 is 0 Å². The molecule has 5 rings (SSSR count). The van der Waals surface area contributed by atoms with Crippen molar-refractivity contribution in [3.8, 4) is 11.5 Å². The summed E-state index contributed by atoms with van der Waals surface area (Å²) in [6.07, 6.45) is 23.1. The summed E-state index contributed by atoms with van der Waals surface area (Å²) in [4.78, 5) is 45.7. The molecule has 0 aromatic heterocycles. The number of nitro benzene ring substituents is 1. The second-order valence-corrected chi connectivity index (χ2v) is 17.8. The molecule has 2 aromatic rings. The molecule has 0 saturated heterocycles. The lowest BCUT2D eigenvalue weighted by molar-refractivity contribution is -0.384. The van der Waals surface area contributed by atoms with Gasteiger partial charge in [0.15, 0.2) is 0 Å². The number of ether oxygens (including phenoxy) is 3. The van der Waals surface area contributed by atoms with Gasteiger partial charge in [0.05, 0.1) is 23.2 Å². The third-order valence-corrected chi connectivity index (χ3v) is 13.3. The predicted octanol–water partition coefficient (Wildman–Crippen LogP) is 10.4. The number of unbranched alkanes of at least 4 members (excludes halogenated alkanes) is 11. The van der Waals surface area contributed by atoms with Gasteiger partial charge in [-0.25, -0.2) is 4.79 Å². The van der Waals surface area contributed by atoms with Crippen LogP contribution in [0.1, 0.15) is 140 Å². The van der Waals surface area contributed by atoms with Gasteiger partial charge in [0, 0.05) is 62.9 Å². The minimum absolute atomic E-state index is 0.00565. The lowest BCUT2D eigenvalue weighted by Crippen LogP contribution is -2.69. The van der Waals surface area contributed by atoms with E-state index in [-0.39, 0.29) is 55.6 Å². The molecular weight excluding hydrogens is 841 g/mol. The van der Waals surface area contributed by atoms with Crippen LogP contribution in [-0.2, 0) is 14.4 Å². The molecule has 14 nitrogen and oxygen atoms in total. The fourth-order valence-corrected chi connectivity index (χ4v) is 10.0. The first-order valence-corrected chi connectivity index (χ1v) is 24.5. The summed E-state index contributed by atoms with van der Waals surface area (Å²) in [6.45, 7) is 9.17. The lowest BCUT2D eigenvalue weighted by Gasteiger charge is -2.59. The predicted molar refractivity (Wildman–Crippen MR) is 257 cm³/mol. The maximum absolute atomic E-state index is 14.3. The van der Waals surface area contributed by atoms with E-state index in [0.29, 0.717) is 48.8 Å². The SMILES string of the molecule is C=CCOC12Oc3ccc(OC(=O)NCCCCCCCCCCCC)cc3C3C(CCCCO)C(CCCCO)C=C(C(=NOCC)CC1N(C)C(=O)C=Cc1ccc([N+](=O)[O-])cc1)C32. The zero-order valence-electron chi connectivity index (χ0n) is 39.5. The number of hydrogen-bond acceptors (Lipinski definition) is 11. The van der Waals surface area contributed by atoms with Crippen LogP contribution in [0, 0.1) is 27.9 Å². The average molecular weight is 915 g/mol. The summed E-state index contributed by atoms with van der Waals surface area (Å²) in [5, 5.41) is 38.7. The molecule has 3 N–H and O–H groups in total. The highest BCUT2D eigenvalue weighted by atomic mass is 16.7. The van der Waals surface area contributed by atoms with Crippen molar-refractivity contribution in [3.63, 3.8) is 0 Å². The number of allylic oxidation sites excluding steroid dienone is 1. The van der Waals surface area contributed by atoms with Gasteiger partial charge in [0.2, 0.25) is 11.7 Å². The Balaban J connectivity index is 1.50. The van der Waals surface area contributed by atoms with E-state index in [4.69, 9.17) is 24.2 Å². The van der Waals surface area contributed by atoms with Gasteiger partial charge < -0.3 is 39.5 Å². The molecule has 1 saturated carbocycles. The van der Waals surface area contributed by atoms with Crippen LogP contribution in [0.4, 0.5) is 10.5 Å². The molecule has 1 heterocycles. The molecule has 14 heteroatoms. The minimum Gasteiger partial charge on any atom is -0.459 e. The summed E-state index contributed by atoms with van der Waals surface area (Å²) >= 11 is 0. The number of fused-ring (bicyclic) bond motifs is 2. The molecule has 6 atom stereocenters. The van der Waals surface area contributed by atoms with Crippen molar-refractivity contribution in [2.75, 3.05) is 40.0 Å². The number of nitrogens with zero attached hydrogens (tertiary/aromatic N) is 3. The number of amides is 2. The molecule has 0 radical (unpaired) electrons. The summed E-state index contributed by atoms with van der Waals surface area (Å²) in [7, 11) is 1.71. The number of aliphatic hydroxyl groups excluding tert-OH is 2. The lowest BCUT2D eigenvalue weighted by atomic mass is 9.55. The number of non-ortho nitro benzene ring substituents is 1. The van der Waals surface area contributed by atoms with Crippen molar-refractivity contribution in [2.24, 2.45) is 22.9 Å². The van der Waals surface area contributed by atoms with Crippen molar-refractivity contribution >= 4 is 29.5 Å². The highest BCUT2D eigenvalue weighted by molar-refractivity contribution is 6.03. The largest absolute Gasteiger partial charge is 0.459 e. The Morgan fingerprint density at radius 1 is 0.955 bits per heavy atom. The van der Waals surface area contributed by atoms with Crippen molar-refractivity contribution in [2.45, 2.75) is 141 Å². The Hall–Kier alpha value is -5.05. The van der Waals surface area contributed by atoms with Gasteiger partial charge in [-0.2, -0.15) is 0 Å². The third kappa shape index (κ3) is 13.8. The quantitative estimate of drug-likeness (QED) is 0.0233. The smallest absolute Gasteiger partial charge is 0.412 e. The summed E-state index contributed by atoms with van der Waals surface area (Å²) in [5.41, 5.74) is 2.97. The second-order valence-electron chi connectivity index (χ2n) is 17.8. The van der Waals surface area contributed by atoms with Gasteiger partial charge in [-0.3, -0.25) is 14.9 Å². The van der Waals surface area contributed by atoms with Crippen LogP contribution in [0.25, 0.3) is 6.08 Å². The Labute approximate surface area is 391 Å². The first-order chi connectivity index (χ1) is 32.1. The van der Waals surface area contributed by atoms with Crippen molar-refractivity contribution in [1.82, 2.24) is 10.2 Å². The molecule has 362 valence electrons. The maximum atomic E-state index is 14.3. The molecule has 0 bridgehead atoms. The molecule has 0 spiro atoms. The van der Waals surface area contributed by atoms with Gasteiger partial charge in [0.25, 0.3) is 5.69 Å². The minimum atomic E-state index is -1.45. The van der Waals surface area contributed by atoms with Gasteiger partial charge >= 0.3 is 6.09 Å². The standard InChI is InChI=1S/C52H74N4O10/c1-5-8-9-10-11-12-13-14-15-18-31-53-51(60)65-41-28-29-46-44(36-41)49-42(22-17-20-33-58)39(21-16-19-32-57)35-43-45(54-64-7-3)37-47(52(66-46,50(43)49)63-34-6-2)55(4)48(59)30-25-38-23-26-40(27-24-38)56(61)62/h6,23-30,35-36,39,42,47,49-50,57-58H,2,5,7-22,31-34,37H2,1,3-4H3,(H,53,60). The zero-order chi connectivity index (χ0) is 47.3. The van der Waals surface area contributed by atoms with Gasteiger partial charge in [0.1, 0.15) is 24.1 Å². The number of likely N-dealkylation sites (N-methyl/N-ethyl adjacent to an activating group) is 1. The monoisotopic (exact) mass is 915 g/mol. The number of aliphatic hydroxyl groups is 2. The van der Waals surface area contributed by atoms with Crippen LogP contribution >= 0.6 is 0 Å². The first-order valence-electron chi connectivity index (χ1n) is 24.5. The highest BCUT2D eigenvalue weighted by Crippen LogP contribution is 2.61. The number of carbonyl (C=O) groups is 2. The molecule has 6 unspecified atom stereocenters. The van der Waals surface area contributed by atoms with E-state index < -0.39 is 28.8 Å². The number of hydrogen-bond donors (Lipinski definition) is 3. The fraction of sp³-hybridized carbons (Fsp3) is 0.596. The molecule has 3 aliphatic rings. The van der Waals surface area contributed by atoms with E-state index in [9.17, 15) is 29.9 Å². The van der Waals surface area contributed by atoms with Gasteiger partial charge in [-0.1, -0.05) is 94.9 Å². The van der Waals surface area contributed by atoms with Crippen LogP contribution in [0.15, 0.2) is 78.0 Å². The molecule has 2 aromatic carbocycles. The zero-order valence-corrected chi connectivity index (χ0v) is 39.5. The Kier molecular flexibility index (Phi) is 21.2. The second kappa shape index (κ2) is 26.9. The van der Waals surface area contributed by atoms with Crippen LogP contribution in [0.5, 0.6) is 11.5 Å². The number of nitrogens with one attached hydrogen (secondary N) is 1. The molecule has 2 aliphatic carbocycles. The van der Waals surface area contributed by atoms with Crippen molar-refractivity contribution < 1.29 is 43.8 Å². The molecule has 2 amide bonds. The Morgan fingerprint density at radius 3 is 2.29 bits per heavy atom. The number of nitro groups is 1. The van der Waals surface area contributed by atoms with Crippen LogP contribution in [-0.4, -0.2) is 89.6 Å². The van der Waals surface area contributed by atoms with Gasteiger partial charge in [-0.05, 0) is 98.4 Å². The highest BCUT2D eigenvalue weighted by Gasteiger charge is 2.65. The normalized spacial score (nSPS) is 22.5. The number of benzene rings is 2. The van der Waals surface area contributed by atoms with Crippen LogP contribution < -0.4 is 14.8 Å². The topological polar surface area (TPSA) is 182 Å². The Bertz CT molecular complexity index is 1970.